The third kappa shape index (κ3) is 8.58. The van der Waals surface area contributed by atoms with Crippen molar-refractivity contribution in [2.24, 2.45) is 0 Å². The Labute approximate surface area is 261 Å². The van der Waals surface area contributed by atoms with Crippen LogP contribution < -0.4 is 14.2 Å². The van der Waals surface area contributed by atoms with Crippen LogP contribution in [0.1, 0.15) is 45.5 Å². The first-order valence-corrected chi connectivity index (χ1v) is 14.0. The average Bonchev–Trinajstić information content (AvgIpc) is 3.07. The summed E-state index contributed by atoms with van der Waals surface area (Å²) in [6.45, 7) is 1.70. The molecule has 8 heteroatoms. The Kier molecular flexibility index (Phi) is 10.7. The molecular weight excluding hydrogens is 572 g/mol. The molecule has 0 bridgehead atoms. The molecule has 45 heavy (non-hydrogen) atoms. The number of allylic oxidation sites excluding steroid dienone is 3. The molecule has 2 N–H and O–H groups in total. The molecule has 0 aliphatic heterocycles. The van der Waals surface area contributed by atoms with Gasteiger partial charge in [-0.15, -0.1) is 0 Å². The molecule has 1 atom stereocenters. The number of ketones is 2. The summed E-state index contributed by atoms with van der Waals surface area (Å²) in [5, 5.41) is 19.8. The highest BCUT2D eigenvalue weighted by atomic mass is 16.6. The van der Waals surface area contributed by atoms with E-state index in [4.69, 9.17) is 14.2 Å². The Bertz CT molecular complexity index is 1780. The number of rotatable bonds is 12. The Balaban J connectivity index is 1.40. The molecule has 0 aliphatic rings. The highest BCUT2D eigenvalue weighted by Crippen LogP contribution is 2.31. The maximum absolute atomic E-state index is 13.1. The smallest absolute Gasteiger partial charge is 0.318 e. The number of phenolic OH excluding ortho intramolecular Hbond substituents is 1. The number of methoxy groups -OCH3 is 2. The molecule has 0 amide bonds. The van der Waals surface area contributed by atoms with Gasteiger partial charge in [-0.2, -0.15) is 0 Å². The van der Waals surface area contributed by atoms with Crippen LogP contribution in [0.15, 0.2) is 115 Å². The first kappa shape index (κ1) is 32.0. The van der Waals surface area contributed by atoms with Crippen LogP contribution in [0, 0.1) is 0 Å². The van der Waals surface area contributed by atoms with Gasteiger partial charge in [0, 0.05) is 17.2 Å². The van der Waals surface area contributed by atoms with E-state index < -0.39 is 17.7 Å². The minimum absolute atomic E-state index is 0.00806. The Morgan fingerprint density at radius 1 is 0.711 bits per heavy atom. The van der Waals surface area contributed by atoms with Gasteiger partial charge in [0.2, 0.25) is 0 Å². The molecule has 4 rings (SSSR count). The van der Waals surface area contributed by atoms with Crippen LogP contribution in [0.2, 0.25) is 0 Å². The summed E-state index contributed by atoms with van der Waals surface area (Å²) in [6.07, 6.45) is 6.79. The van der Waals surface area contributed by atoms with Gasteiger partial charge in [0.05, 0.1) is 20.1 Å². The van der Waals surface area contributed by atoms with Crippen LogP contribution in [-0.4, -0.2) is 42.0 Å². The van der Waals surface area contributed by atoms with Gasteiger partial charge in [-0.25, -0.2) is 0 Å². The van der Waals surface area contributed by atoms with Gasteiger partial charge >= 0.3 is 5.97 Å². The van der Waals surface area contributed by atoms with Crippen LogP contribution in [0.4, 0.5) is 0 Å². The third-order valence-electron chi connectivity index (χ3n) is 6.82. The minimum atomic E-state index is -0.667. The zero-order valence-corrected chi connectivity index (χ0v) is 25.0. The zero-order chi connectivity index (χ0) is 32.3. The summed E-state index contributed by atoms with van der Waals surface area (Å²) < 4.78 is 16.1. The second-order valence-corrected chi connectivity index (χ2v) is 9.94. The van der Waals surface area contributed by atoms with Crippen LogP contribution in [-0.2, 0) is 9.59 Å². The van der Waals surface area contributed by atoms with E-state index in [1.165, 1.54) is 38.5 Å². The van der Waals surface area contributed by atoms with Gasteiger partial charge in [-0.1, -0.05) is 72.8 Å². The SMILES string of the molecule is COc1cc(/C=C/C(O)=C/C(=O)/C=C/c2ccc(OC(=O)[C@H](C)c3cccc(C(=O)c4ccccc4)c3)c(OC)c2)ccc1O. The van der Waals surface area contributed by atoms with Crippen molar-refractivity contribution in [3.63, 3.8) is 0 Å². The average molecular weight is 605 g/mol. The van der Waals surface area contributed by atoms with Crippen LogP contribution >= 0.6 is 0 Å². The zero-order valence-electron chi connectivity index (χ0n) is 25.0. The number of esters is 1. The Morgan fingerprint density at radius 2 is 1.36 bits per heavy atom. The summed E-state index contributed by atoms with van der Waals surface area (Å²) in [5.41, 5.74) is 2.91. The second kappa shape index (κ2) is 15.0. The molecule has 0 unspecified atom stereocenters. The first-order chi connectivity index (χ1) is 21.7. The predicted octanol–water partition coefficient (Wildman–Crippen LogP) is 7.09. The van der Waals surface area contributed by atoms with Gasteiger partial charge < -0.3 is 24.4 Å². The largest absolute Gasteiger partial charge is 0.508 e. The van der Waals surface area contributed by atoms with Crippen molar-refractivity contribution < 1.29 is 38.8 Å². The standard InChI is InChI=1S/C37H32O8/c1-24(28-10-7-11-29(22-28)36(41)27-8-5-4-6-9-27)37(42)45-33-19-15-26(21-35(33)44-3)13-17-31(39)23-30(38)16-12-25-14-18-32(40)34(20-25)43-2/h4-24,38,40H,1-3H3/b16-12+,17-13+,30-23-/t24-/m1/s1. The number of ether oxygens (including phenoxy) is 3. The third-order valence-corrected chi connectivity index (χ3v) is 6.82. The van der Waals surface area contributed by atoms with Crippen LogP contribution in [0.25, 0.3) is 12.2 Å². The van der Waals surface area contributed by atoms with E-state index in [0.29, 0.717) is 27.8 Å². The van der Waals surface area contributed by atoms with Gasteiger partial charge in [0.15, 0.2) is 34.6 Å². The maximum atomic E-state index is 13.1. The lowest BCUT2D eigenvalue weighted by Gasteiger charge is -2.15. The molecule has 0 spiro atoms. The number of phenols is 1. The lowest BCUT2D eigenvalue weighted by Crippen LogP contribution is -2.17. The monoisotopic (exact) mass is 604 g/mol. The van der Waals surface area contributed by atoms with Gasteiger partial charge in [-0.3, -0.25) is 14.4 Å². The Hall–Kier alpha value is -5.89. The van der Waals surface area contributed by atoms with E-state index in [2.05, 4.69) is 0 Å². The van der Waals surface area contributed by atoms with Gasteiger partial charge in [0.25, 0.3) is 0 Å². The molecule has 0 fully saturated rings. The maximum Gasteiger partial charge on any atom is 0.318 e. The first-order valence-electron chi connectivity index (χ1n) is 14.0. The van der Waals surface area contributed by atoms with E-state index in [1.54, 1.807) is 91.9 Å². The predicted molar refractivity (Wildman–Crippen MR) is 172 cm³/mol. The lowest BCUT2D eigenvalue weighted by atomic mass is 9.96. The van der Waals surface area contributed by atoms with Crippen molar-refractivity contribution in [1.82, 2.24) is 0 Å². The van der Waals surface area contributed by atoms with Crippen molar-refractivity contribution in [3.05, 3.63) is 143 Å². The van der Waals surface area contributed by atoms with Crippen molar-refractivity contribution in [3.8, 4) is 23.0 Å². The number of hydrogen-bond donors (Lipinski definition) is 2. The summed E-state index contributed by atoms with van der Waals surface area (Å²) in [5.74, 6) is -1.31. The number of carbonyl (C=O) groups is 3. The molecular formula is C37H32O8. The Morgan fingerprint density at radius 3 is 2.07 bits per heavy atom. The fourth-order valence-corrected chi connectivity index (χ4v) is 4.31. The minimum Gasteiger partial charge on any atom is -0.508 e. The van der Waals surface area contributed by atoms with E-state index >= 15 is 0 Å². The van der Waals surface area contributed by atoms with Crippen molar-refractivity contribution in [2.75, 3.05) is 14.2 Å². The molecule has 0 aliphatic carbocycles. The fourth-order valence-electron chi connectivity index (χ4n) is 4.31. The normalized spacial score (nSPS) is 12.2. The number of carbonyl (C=O) groups excluding carboxylic acids is 3. The lowest BCUT2D eigenvalue weighted by molar-refractivity contribution is -0.135. The van der Waals surface area contributed by atoms with E-state index in [1.807, 2.05) is 6.07 Å². The quantitative estimate of drug-likeness (QED) is 0.0439. The number of aliphatic hydroxyl groups excluding tert-OH is 1. The summed E-state index contributed by atoms with van der Waals surface area (Å²) >= 11 is 0. The van der Waals surface area contributed by atoms with Gasteiger partial charge in [0.1, 0.15) is 5.76 Å². The molecule has 0 saturated heterocycles. The van der Waals surface area contributed by atoms with E-state index in [9.17, 15) is 24.6 Å². The van der Waals surface area contributed by atoms with Crippen molar-refractivity contribution in [2.45, 2.75) is 12.8 Å². The molecule has 0 saturated carbocycles. The van der Waals surface area contributed by atoms with E-state index in [0.717, 1.165) is 6.08 Å². The van der Waals surface area contributed by atoms with Crippen LogP contribution in [0.5, 0.6) is 23.0 Å². The molecule has 4 aromatic rings. The fraction of sp³-hybridized carbons (Fsp3) is 0.108. The summed E-state index contributed by atoms with van der Waals surface area (Å²) in [4.78, 5) is 38.3. The summed E-state index contributed by atoms with van der Waals surface area (Å²) in [7, 11) is 2.87. The van der Waals surface area contributed by atoms with Crippen molar-refractivity contribution >= 4 is 29.7 Å². The topological polar surface area (TPSA) is 119 Å². The molecule has 0 aromatic heterocycles. The molecule has 8 nitrogen and oxygen atoms in total. The van der Waals surface area contributed by atoms with Gasteiger partial charge in [-0.05, 0) is 66.1 Å². The van der Waals surface area contributed by atoms with Crippen LogP contribution in [0.3, 0.4) is 0 Å². The molecule has 0 heterocycles. The number of hydrogen-bond acceptors (Lipinski definition) is 8. The highest BCUT2D eigenvalue weighted by Gasteiger charge is 2.21. The number of aliphatic hydroxyl groups is 1. The highest BCUT2D eigenvalue weighted by molar-refractivity contribution is 6.09. The number of aromatic hydroxyl groups is 1. The molecule has 4 aromatic carbocycles. The molecule has 228 valence electrons. The second-order valence-electron chi connectivity index (χ2n) is 9.94. The summed E-state index contributed by atoms with van der Waals surface area (Å²) in [6, 6.07) is 25.3. The van der Waals surface area contributed by atoms with Crippen molar-refractivity contribution in [1.29, 1.82) is 0 Å². The number of benzene rings is 4. The van der Waals surface area contributed by atoms with E-state index in [-0.39, 0.29) is 34.5 Å². The molecule has 0 radical (unpaired) electrons.